The van der Waals surface area contributed by atoms with E-state index in [1.165, 1.54) is 11.3 Å². The number of thiazole rings is 1. The summed E-state index contributed by atoms with van der Waals surface area (Å²) in [6.07, 6.45) is 3.65. The summed E-state index contributed by atoms with van der Waals surface area (Å²) >= 11 is 1.29. The molecule has 1 atom stereocenters. The lowest BCUT2D eigenvalue weighted by molar-refractivity contribution is 0.102. The Hall–Kier alpha value is -4.47. The lowest BCUT2D eigenvalue weighted by Crippen LogP contribution is -2.17. The molecule has 4 aromatic rings. The van der Waals surface area contributed by atoms with Crippen LogP contribution in [0, 0.1) is 25.2 Å². The highest BCUT2D eigenvalue weighted by atomic mass is 32.1. The molecule has 2 heterocycles. The van der Waals surface area contributed by atoms with Crippen molar-refractivity contribution in [3.05, 3.63) is 112 Å². The Bertz CT molecular complexity index is 1570. The minimum absolute atomic E-state index is 0.213. The first-order valence-corrected chi connectivity index (χ1v) is 12.8. The van der Waals surface area contributed by atoms with Crippen molar-refractivity contribution in [1.29, 1.82) is 5.26 Å². The van der Waals surface area contributed by atoms with Crippen molar-refractivity contribution in [2.24, 2.45) is 0 Å². The molecule has 0 fully saturated rings. The molecule has 3 aromatic carbocycles. The van der Waals surface area contributed by atoms with Crippen LogP contribution in [0.3, 0.4) is 0 Å². The lowest BCUT2D eigenvalue weighted by Gasteiger charge is -2.22. The van der Waals surface area contributed by atoms with Gasteiger partial charge in [-0.05, 0) is 56.7 Å². The topological polar surface area (TPSA) is 75.0 Å². The van der Waals surface area contributed by atoms with Gasteiger partial charge in [-0.3, -0.25) is 4.79 Å². The number of nitrogens with zero attached hydrogens (tertiary/aromatic N) is 2. The number of amides is 1. The van der Waals surface area contributed by atoms with Gasteiger partial charge in [0.15, 0.2) is 0 Å². The van der Waals surface area contributed by atoms with Crippen molar-refractivity contribution in [2.75, 3.05) is 5.32 Å². The van der Waals surface area contributed by atoms with Crippen molar-refractivity contribution < 1.29 is 9.53 Å². The quantitative estimate of drug-likeness (QED) is 0.287. The molecular weight excluding hydrogens is 478 g/mol. The minimum atomic E-state index is -0.223. The van der Waals surface area contributed by atoms with Crippen molar-refractivity contribution in [2.45, 2.75) is 26.9 Å². The first-order chi connectivity index (χ1) is 17.9. The summed E-state index contributed by atoms with van der Waals surface area (Å²) in [5.41, 5.74) is 6.53. The first-order valence-electron chi connectivity index (χ1n) is 12.0. The fourth-order valence-corrected chi connectivity index (χ4v) is 4.99. The number of ether oxygens (including phenoxy) is 1. The van der Waals surface area contributed by atoms with E-state index in [0.717, 1.165) is 33.6 Å². The number of fused-ring (bicyclic) bond motifs is 1. The van der Waals surface area contributed by atoms with E-state index in [9.17, 15) is 10.1 Å². The number of hydrogen-bond acceptors (Lipinski definition) is 5. The molecule has 0 aliphatic carbocycles. The maximum atomic E-state index is 13.1. The maximum absolute atomic E-state index is 13.1. The van der Waals surface area contributed by atoms with Gasteiger partial charge in [0.1, 0.15) is 33.6 Å². The number of para-hydroxylation sites is 1. The fourth-order valence-electron chi connectivity index (χ4n) is 4.04. The number of aromatic nitrogens is 1. The van der Waals surface area contributed by atoms with Crippen LogP contribution in [0.25, 0.3) is 22.9 Å². The zero-order valence-electron chi connectivity index (χ0n) is 20.8. The summed E-state index contributed by atoms with van der Waals surface area (Å²) in [7, 11) is 0. The normalized spacial score (nSPS) is 14.7. The molecule has 1 amide bonds. The monoisotopic (exact) mass is 503 g/mol. The largest absolute Gasteiger partial charge is 0.485 e. The number of nitriles is 1. The van der Waals surface area contributed by atoms with E-state index < -0.39 is 0 Å². The van der Waals surface area contributed by atoms with Crippen LogP contribution in [0.5, 0.6) is 5.75 Å². The van der Waals surface area contributed by atoms with Crippen LogP contribution in [0.15, 0.2) is 84.4 Å². The molecule has 0 spiro atoms. The molecule has 6 heteroatoms. The average Bonchev–Trinajstić information content (AvgIpc) is 3.31. The summed E-state index contributed by atoms with van der Waals surface area (Å²) < 4.78 is 6.05. The molecule has 5 nitrogen and oxygen atoms in total. The molecule has 0 radical (unpaired) electrons. The van der Waals surface area contributed by atoms with Crippen LogP contribution in [0.1, 0.15) is 39.0 Å². The van der Waals surface area contributed by atoms with Gasteiger partial charge in [0, 0.05) is 16.7 Å². The van der Waals surface area contributed by atoms with Crippen LogP contribution < -0.4 is 10.1 Å². The Morgan fingerprint density at radius 2 is 1.70 bits per heavy atom. The Morgan fingerprint density at radius 1 is 1.03 bits per heavy atom. The second-order valence-electron chi connectivity index (χ2n) is 8.99. The molecule has 0 saturated carbocycles. The van der Waals surface area contributed by atoms with E-state index in [-0.39, 0.29) is 12.0 Å². The number of benzene rings is 3. The van der Waals surface area contributed by atoms with E-state index in [4.69, 9.17) is 9.72 Å². The zero-order valence-corrected chi connectivity index (χ0v) is 21.6. The number of allylic oxidation sites excluding steroid dienone is 1. The highest BCUT2D eigenvalue weighted by Crippen LogP contribution is 2.38. The number of rotatable bonds is 5. The summed E-state index contributed by atoms with van der Waals surface area (Å²) in [4.78, 5) is 17.9. The number of nitrogens with one attached hydrogen (secondary N) is 1. The van der Waals surface area contributed by atoms with Crippen molar-refractivity contribution in [1.82, 2.24) is 4.98 Å². The second-order valence-corrected chi connectivity index (χ2v) is 9.99. The molecule has 1 aromatic heterocycles. The molecule has 1 aliphatic rings. The van der Waals surface area contributed by atoms with Crippen molar-refractivity contribution in [3.63, 3.8) is 0 Å². The Balaban J connectivity index is 1.55. The third-order valence-electron chi connectivity index (χ3n) is 6.17. The van der Waals surface area contributed by atoms with Gasteiger partial charge in [-0.2, -0.15) is 5.26 Å². The summed E-state index contributed by atoms with van der Waals surface area (Å²) in [5.74, 6) is 0.599. The molecule has 182 valence electrons. The third-order valence-corrected chi connectivity index (χ3v) is 7.17. The summed E-state index contributed by atoms with van der Waals surface area (Å²) in [6.45, 7) is 5.96. The second kappa shape index (κ2) is 10.3. The summed E-state index contributed by atoms with van der Waals surface area (Å²) in [5, 5.41) is 14.2. The van der Waals surface area contributed by atoms with Crippen LogP contribution in [-0.2, 0) is 0 Å². The number of anilines is 1. The molecule has 37 heavy (non-hydrogen) atoms. The van der Waals surface area contributed by atoms with Gasteiger partial charge < -0.3 is 10.1 Å². The van der Waals surface area contributed by atoms with Crippen molar-refractivity contribution >= 4 is 33.9 Å². The standard InChI is InChI=1S/C31H25N3O2S/c1-19-8-12-22(13-9-19)28-31(34-29(35)23-14-10-20(2)11-15-23)37-30(33-28)26(18-32)17-25-16-24-6-4-5-7-27(24)36-21(25)3/h4-17,21H,1-3H3,(H,34,35)/b26-17+. The number of carbonyl (C=O) groups is 1. The van der Waals surface area contributed by atoms with Gasteiger partial charge in [0.05, 0.1) is 5.57 Å². The van der Waals surface area contributed by atoms with Gasteiger partial charge >= 0.3 is 0 Å². The van der Waals surface area contributed by atoms with E-state index >= 15 is 0 Å². The Morgan fingerprint density at radius 3 is 2.41 bits per heavy atom. The average molecular weight is 504 g/mol. The fraction of sp³-hybridized carbons (Fsp3) is 0.129. The minimum Gasteiger partial charge on any atom is -0.485 e. The van der Waals surface area contributed by atoms with Gasteiger partial charge in [0.25, 0.3) is 5.91 Å². The predicted molar refractivity (Wildman–Crippen MR) is 150 cm³/mol. The first kappa shape index (κ1) is 24.2. The SMILES string of the molecule is Cc1ccc(C(=O)Nc2sc(/C(C#N)=C/C3=Cc4ccccc4OC3C)nc2-c2ccc(C)cc2)cc1. The molecule has 0 saturated heterocycles. The third kappa shape index (κ3) is 5.23. The molecule has 5 rings (SSSR count). The van der Waals surface area contributed by atoms with Gasteiger partial charge in [-0.25, -0.2) is 4.98 Å². The van der Waals surface area contributed by atoms with Gasteiger partial charge in [-0.1, -0.05) is 77.1 Å². The lowest BCUT2D eigenvalue weighted by atomic mass is 10.0. The van der Waals surface area contributed by atoms with Crippen LogP contribution in [0.2, 0.25) is 0 Å². The van der Waals surface area contributed by atoms with Gasteiger partial charge in [-0.15, -0.1) is 0 Å². The Kier molecular flexibility index (Phi) is 6.72. The number of carbonyl (C=O) groups excluding carboxylic acids is 1. The van der Waals surface area contributed by atoms with E-state index in [1.54, 1.807) is 12.1 Å². The molecule has 1 N–H and O–H groups in total. The number of hydrogen-bond donors (Lipinski definition) is 1. The van der Waals surface area contributed by atoms with Crippen LogP contribution >= 0.6 is 11.3 Å². The van der Waals surface area contributed by atoms with E-state index in [2.05, 4.69) is 11.4 Å². The summed E-state index contributed by atoms with van der Waals surface area (Å²) in [6, 6.07) is 25.5. The van der Waals surface area contributed by atoms with E-state index in [0.29, 0.717) is 26.8 Å². The maximum Gasteiger partial charge on any atom is 0.256 e. The molecule has 1 aliphatic heterocycles. The predicted octanol–water partition coefficient (Wildman–Crippen LogP) is 7.45. The molecular formula is C31H25N3O2S. The molecule has 1 unspecified atom stereocenters. The van der Waals surface area contributed by atoms with Crippen molar-refractivity contribution in [3.8, 4) is 23.1 Å². The highest BCUT2D eigenvalue weighted by Gasteiger charge is 2.21. The van der Waals surface area contributed by atoms with E-state index in [1.807, 2.05) is 93.6 Å². The highest BCUT2D eigenvalue weighted by molar-refractivity contribution is 7.17. The molecule has 0 bridgehead atoms. The van der Waals surface area contributed by atoms with Crippen LogP contribution in [-0.4, -0.2) is 17.0 Å². The van der Waals surface area contributed by atoms with Crippen LogP contribution in [0.4, 0.5) is 5.00 Å². The van der Waals surface area contributed by atoms with Gasteiger partial charge in [0.2, 0.25) is 0 Å². The smallest absolute Gasteiger partial charge is 0.256 e. The Labute approximate surface area is 220 Å². The number of aryl methyl sites for hydroxylation is 2. The zero-order chi connectivity index (χ0) is 25.9.